The first kappa shape index (κ1) is 7.08. The summed E-state index contributed by atoms with van der Waals surface area (Å²) in [7, 11) is 1.64. The second-order valence-corrected chi connectivity index (χ2v) is 1.96. The van der Waals surface area contributed by atoms with Gasteiger partial charge in [-0.2, -0.15) is 4.98 Å². The highest BCUT2D eigenvalue weighted by molar-refractivity contribution is 6.28. The van der Waals surface area contributed by atoms with Crippen LogP contribution < -0.4 is 5.32 Å². The van der Waals surface area contributed by atoms with Crippen LogP contribution in [0.2, 0.25) is 5.28 Å². The van der Waals surface area contributed by atoms with Gasteiger partial charge in [0.1, 0.15) is 0 Å². The van der Waals surface area contributed by atoms with Crippen molar-refractivity contribution in [3.63, 3.8) is 0 Å². The van der Waals surface area contributed by atoms with E-state index in [9.17, 15) is 0 Å². The number of nitrogens with one attached hydrogen (secondary N) is 1. The van der Waals surface area contributed by atoms with Crippen molar-refractivity contribution in [2.75, 3.05) is 12.4 Å². The third-order valence-electron chi connectivity index (χ3n) is 0.977. The number of rotatable bonds is 1. The van der Waals surface area contributed by atoms with E-state index < -0.39 is 0 Å². The van der Waals surface area contributed by atoms with Crippen LogP contribution >= 0.6 is 11.6 Å². The number of hydrogen-bond acceptors (Lipinski definition) is 4. The summed E-state index contributed by atoms with van der Waals surface area (Å²) in [4.78, 5) is 7.24. The minimum Gasteiger partial charge on any atom is -0.503 e. The zero-order valence-electron chi connectivity index (χ0n) is 5.30. The zero-order chi connectivity index (χ0) is 7.56. The Kier molecular flexibility index (Phi) is 1.91. The molecule has 0 fully saturated rings. The van der Waals surface area contributed by atoms with Crippen LogP contribution in [0.15, 0.2) is 6.20 Å². The molecule has 0 saturated carbocycles. The van der Waals surface area contributed by atoms with Crippen LogP contribution in [0, 0.1) is 0 Å². The topological polar surface area (TPSA) is 58.0 Å². The highest BCUT2D eigenvalue weighted by atomic mass is 35.5. The molecule has 0 bridgehead atoms. The van der Waals surface area contributed by atoms with Crippen LogP contribution in [0.1, 0.15) is 0 Å². The standard InChI is InChI=1S/C5H6ClN3O/c1-7-4-3(10)2-8-5(6)9-4/h2,10H,1H3,(H,7,8,9). The summed E-state index contributed by atoms with van der Waals surface area (Å²) < 4.78 is 0. The van der Waals surface area contributed by atoms with Gasteiger partial charge < -0.3 is 10.4 Å². The van der Waals surface area contributed by atoms with Gasteiger partial charge in [-0.1, -0.05) is 0 Å². The van der Waals surface area contributed by atoms with Crippen molar-refractivity contribution in [1.29, 1.82) is 0 Å². The van der Waals surface area contributed by atoms with E-state index in [1.54, 1.807) is 7.05 Å². The van der Waals surface area contributed by atoms with Gasteiger partial charge in [0, 0.05) is 7.05 Å². The summed E-state index contributed by atoms with van der Waals surface area (Å²) in [5, 5.41) is 11.8. The lowest BCUT2D eigenvalue weighted by atomic mass is 10.5. The smallest absolute Gasteiger partial charge is 0.224 e. The Bertz CT molecular complexity index is 240. The maximum absolute atomic E-state index is 8.99. The predicted molar refractivity (Wildman–Crippen MR) is 38.3 cm³/mol. The molecule has 0 aliphatic rings. The summed E-state index contributed by atoms with van der Waals surface area (Å²) in [6.07, 6.45) is 1.24. The van der Waals surface area contributed by atoms with Gasteiger partial charge in [-0.25, -0.2) is 4.98 Å². The lowest BCUT2D eigenvalue weighted by Gasteiger charge is -1.99. The molecular formula is C5H6ClN3O. The molecule has 1 rings (SSSR count). The molecule has 0 radical (unpaired) electrons. The van der Waals surface area contributed by atoms with Gasteiger partial charge in [0.05, 0.1) is 6.20 Å². The molecule has 0 unspecified atom stereocenters. The van der Waals surface area contributed by atoms with E-state index in [-0.39, 0.29) is 11.0 Å². The Morgan fingerprint density at radius 1 is 1.70 bits per heavy atom. The molecule has 0 amide bonds. The number of hydrogen-bond donors (Lipinski definition) is 2. The van der Waals surface area contributed by atoms with Gasteiger partial charge in [-0.05, 0) is 11.6 Å². The van der Waals surface area contributed by atoms with Crippen LogP contribution in [0.4, 0.5) is 5.82 Å². The quantitative estimate of drug-likeness (QED) is 0.598. The van der Waals surface area contributed by atoms with Crippen LogP contribution in [-0.4, -0.2) is 22.1 Å². The van der Waals surface area contributed by atoms with Crippen molar-refractivity contribution in [1.82, 2.24) is 9.97 Å². The fourth-order valence-electron chi connectivity index (χ4n) is 0.538. The van der Waals surface area contributed by atoms with Gasteiger partial charge in [0.25, 0.3) is 0 Å². The molecule has 54 valence electrons. The molecule has 0 aliphatic carbocycles. The van der Waals surface area contributed by atoms with E-state index in [0.29, 0.717) is 5.82 Å². The maximum Gasteiger partial charge on any atom is 0.224 e. The average Bonchev–Trinajstić information content (AvgIpc) is 1.94. The van der Waals surface area contributed by atoms with Crippen molar-refractivity contribution >= 4 is 17.4 Å². The lowest BCUT2D eigenvalue weighted by Crippen LogP contribution is -1.93. The largest absolute Gasteiger partial charge is 0.503 e. The van der Waals surface area contributed by atoms with Crippen molar-refractivity contribution < 1.29 is 5.11 Å². The molecule has 10 heavy (non-hydrogen) atoms. The summed E-state index contributed by atoms with van der Waals surface area (Å²) in [6, 6.07) is 0. The molecular weight excluding hydrogens is 154 g/mol. The number of halogens is 1. The molecule has 5 heteroatoms. The average molecular weight is 160 g/mol. The second-order valence-electron chi connectivity index (χ2n) is 1.62. The number of aromatic nitrogens is 2. The first-order valence-electron chi connectivity index (χ1n) is 2.63. The van der Waals surface area contributed by atoms with Crippen molar-refractivity contribution in [2.45, 2.75) is 0 Å². The highest BCUT2D eigenvalue weighted by Gasteiger charge is 2.00. The molecule has 4 nitrogen and oxygen atoms in total. The highest BCUT2D eigenvalue weighted by Crippen LogP contribution is 2.18. The Morgan fingerprint density at radius 3 is 2.90 bits per heavy atom. The molecule has 0 atom stereocenters. The SMILES string of the molecule is CNc1nc(Cl)ncc1O. The Hall–Kier alpha value is -1.03. The molecule has 1 heterocycles. The van der Waals surface area contributed by atoms with Crippen LogP contribution in [0.3, 0.4) is 0 Å². The summed E-state index contributed by atoms with van der Waals surface area (Å²) in [6.45, 7) is 0. The number of nitrogens with zero attached hydrogens (tertiary/aromatic N) is 2. The minimum atomic E-state index is -0.00750. The van der Waals surface area contributed by atoms with Gasteiger partial charge in [0.15, 0.2) is 11.6 Å². The van der Waals surface area contributed by atoms with E-state index in [0.717, 1.165) is 0 Å². The lowest BCUT2D eigenvalue weighted by molar-refractivity contribution is 0.472. The number of anilines is 1. The second kappa shape index (κ2) is 2.70. The van der Waals surface area contributed by atoms with Crippen LogP contribution in [-0.2, 0) is 0 Å². The normalized spacial score (nSPS) is 9.40. The molecule has 0 spiro atoms. The fourth-order valence-corrected chi connectivity index (χ4v) is 0.671. The van der Waals surface area contributed by atoms with Gasteiger partial charge in [-0.3, -0.25) is 0 Å². The third-order valence-corrected chi connectivity index (χ3v) is 1.16. The molecule has 0 aliphatic heterocycles. The van der Waals surface area contributed by atoms with E-state index in [4.69, 9.17) is 16.7 Å². The van der Waals surface area contributed by atoms with Crippen LogP contribution in [0.25, 0.3) is 0 Å². The van der Waals surface area contributed by atoms with Gasteiger partial charge in [0.2, 0.25) is 5.28 Å². The number of aromatic hydroxyl groups is 1. The minimum absolute atomic E-state index is 0.00750. The molecule has 0 aromatic carbocycles. The third kappa shape index (κ3) is 1.27. The van der Waals surface area contributed by atoms with E-state index in [2.05, 4.69) is 15.3 Å². The van der Waals surface area contributed by atoms with Crippen molar-refractivity contribution in [2.24, 2.45) is 0 Å². The molecule has 0 saturated heterocycles. The van der Waals surface area contributed by atoms with Crippen LogP contribution in [0.5, 0.6) is 5.75 Å². The first-order valence-corrected chi connectivity index (χ1v) is 3.01. The van der Waals surface area contributed by atoms with Gasteiger partial charge >= 0.3 is 0 Å². The summed E-state index contributed by atoms with van der Waals surface area (Å²) in [5.41, 5.74) is 0. The van der Waals surface area contributed by atoms with Crippen molar-refractivity contribution in [3.8, 4) is 5.75 Å². The first-order chi connectivity index (χ1) is 4.74. The molecule has 1 aromatic heterocycles. The van der Waals surface area contributed by atoms with E-state index >= 15 is 0 Å². The Morgan fingerprint density at radius 2 is 2.40 bits per heavy atom. The van der Waals surface area contributed by atoms with E-state index in [1.807, 2.05) is 0 Å². The molecule has 1 aromatic rings. The predicted octanol–water partition coefficient (Wildman–Crippen LogP) is 0.877. The monoisotopic (exact) mass is 159 g/mol. The van der Waals surface area contributed by atoms with Gasteiger partial charge in [-0.15, -0.1) is 0 Å². The van der Waals surface area contributed by atoms with Crippen molar-refractivity contribution in [3.05, 3.63) is 11.5 Å². The summed E-state index contributed by atoms with van der Waals surface area (Å²) >= 11 is 5.42. The Balaban J connectivity index is 3.09. The summed E-state index contributed by atoms with van der Waals surface area (Å²) in [5.74, 6) is 0.326. The van der Waals surface area contributed by atoms with E-state index in [1.165, 1.54) is 6.20 Å². The Labute approximate surface area is 62.9 Å². The fraction of sp³-hybridized carbons (Fsp3) is 0.200. The molecule has 2 N–H and O–H groups in total. The zero-order valence-corrected chi connectivity index (χ0v) is 6.05. The maximum atomic E-state index is 8.99.